The number of hydrogen-bond acceptors (Lipinski definition) is 3. The zero-order valence-corrected chi connectivity index (χ0v) is 12.0. The summed E-state index contributed by atoms with van der Waals surface area (Å²) in [5, 5.41) is 3.42. The maximum absolute atomic E-state index is 5.76. The lowest BCUT2D eigenvalue weighted by Crippen LogP contribution is -2.22. The van der Waals surface area contributed by atoms with Crippen LogP contribution in [0.25, 0.3) is 0 Å². The Labute approximate surface area is 110 Å². The molecule has 102 valence electrons. The van der Waals surface area contributed by atoms with Crippen LogP contribution < -0.4 is 10.1 Å². The van der Waals surface area contributed by atoms with Crippen molar-refractivity contribution in [1.82, 2.24) is 5.32 Å². The van der Waals surface area contributed by atoms with E-state index in [0.717, 1.165) is 18.9 Å². The Morgan fingerprint density at radius 2 is 2.00 bits per heavy atom. The van der Waals surface area contributed by atoms with Gasteiger partial charge in [0.15, 0.2) is 0 Å². The van der Waals surface area contributed by atoms with Gasteiger partial charge in [0, 0.05) is 24.8 Å². The molecule has 1 rings (SSSR count). The van der Waals surface area contributed by atoms with Crippen LogP contribution in [0, 0.1) is 6.92 Å². The van der Waals surface area contributed by atoms with Crippen LogP contribution in [0.3, 0.4) is 0 Å². The van der Waals surface area contributed by atoms with Gasteiger partial charge in [-0.05, 0) is 19.9 Å². The van der Waals surface area contributed by atoms with Crippen molar-refractivity contribution < 1.29 is 9.47 Å². The first-order valence-corrected chi connectivity index (χ1v) is 6.67. The smallest absolute Gasteiger partial charge is 0.123 e. The maximum atomic E-state index is 5.76. The number of aryl methyl sites for hydroxylation is 1. The molecular weight excluding hydrogens is 226 g/mol. The van der Waals surface area contributed by atoms with Gasteiger partial charge in [-0.2, -0.15) is 0 Å². The molecule has 0 bridgehead atoms. The van der Waals surface area contributed by atoms with Crippen LogP contribution in [0.2, 0.25) is 0 Å². The molecule has 0 fully saturated rings. The molecular formula is C15H25NO2. The fourth-order valence-corrected chi connectivity index (χ4v) is 1.66. The molecule has 0 radical (unpaired) electrons. The van der Waals surface area contributed by atoms with Crippen LogP contribution in [-0.4, -0.2) is 25.9 Å². The number of benzene rings is 1. The largest absolute Gasteiger partial charge is 0.491 e. The summed E-state index contributed by atoms with van der Waals surface area (Å²) in [4.78, 5) is 0. The summed E-state index contributed by atoms with van der Waals surface area (Å²) in [5.74, 6) is 0.952. The first kappa shape index (κ1) is 15.0. The van der Waals surface area contributed by atoms with E-state index in [9.17, 15) is 0 Å². The van der Waals surface area contributed by atoms with Gasteiger partial charge in [-0.3, -0.25) is 0 Å². The third-order valence-electron chi connectivity index (χ3n) is 2.61. The Kier molecular flexibility index (Phi) is 6.76. The first-order valence-electron chi connectivity index (χ1n) is 6.67. The van der Waals surface area contributed by atoms with E-state index in [1.807, 2.05) is 13.0 Å². The van der Waals surface area contributed by atoms with Crippen molar-refractivity contribution in [2.24, 2.45) is 0 Å². The predicted molar refractivity (Wildman–Crippen MR) is 75.1 cm³/mol. The van der Waals surface area contributed by atoms with E-state index >= 15 is 0 Å². The minimum Gasteiger partial charge on any atom is -0.491 e. The van der Waals surface area contributed by atoms with Crippen LogP contribution in [0.5, 0.6) is 5.75 Å². The highest BCUT2D eigenvalue weighted by Gasteiger charge is 2.05. The molecule has 0 atom stereocenters. The topological polar surface area (TPSA) is 30.5 Å². The van der Waals surface area contributed by atoms with Gasteiger partial charge in [-0.15, -0.1) is 0 Å². The molecule has 0 saturated carbocycles. The van der Waals surface area contributed by atoms with Gasteiger partial charge in [-0.25, -0.2) is 0 Å². The highest BCUT2D eigenvalue weighted by molar-refractivity contribution is 5.36. The summed E-state index contributed by atoms with van der Waals surface area (Å²) in [6.45, 7) is 11.2. The maximum Gasteiger partial charge on any atom is 0.123 e. The molecule has 0 aromatic heterocycles. The summed E-state index contributed by atoms with van der Waals surface area (Å²) in [6.07, 6.45) is 0. The van der Waals surface area contributed by atoms with E-state index in [1.165, 1.54) is 11.1 Å². The second-order valence-electron chi connectivity index (χ2n) is 4.69. The molecule has 0 unspecified atom stereocenters. The lowest BCUT2D eigenvalue weighted by atomic mass is 10.1. The molecule has 3 heteroatoms. The standard InChI is InChI=1S/C15H25NO2/c1-5-17-8-9-18-15-7-6-13(4)10-14(15)11-16-12(2)3/h6-7,10,12,16H,5,8-9,11H2,1-4H3. The van der Waals surface area contributed by atoms with Crippen molar-refractivity contribution in [2.75, 3.05) is 19.8 Å². The predicted octanol–water partition coefficient (Wildman–Crippen LogP) is 2.91. The SMILES string of the molecule is CCOCCOc1ccc(C)cc1CNC(C)C. The summed E-state index contributed by atoms with van der Waals surface area (Å²) in [7, 11) is 0. The van der Waals surface area contributed by atoms with Crippen molar-refractivity contribution in [1.29, 1.82) is 0 Å². The van der Waals surface area contributed by atoms with Gasteiger partial charge >= 0.3 is 0 Å². The molecule has 18 heavy (non-hydrogen) atoms. The number of ether oxygens (including phenoxy) is 2. The molecule has 0 heterocycles. The van der Waals surface area contributed by atoms with Crippen molar-refractivity contribution >= 4 is 0 Å². The second-order valence-corrected chi connectivity index (χ2v) is 4.69. The highest BCUT2D eigenvalue weighted by Crippen LogP contribution is 2.20. The fraction of sp³-hybridized carbons (Fsp3) is 0.600. The van der Waals surface area contributed by atoms with Gasteiger partial charge in [0.2, 0.25) is 0 Å². The number of rotatable bonds is 8. The third-order valence-corrected chi connectivity index (χ3v) is 2.61. The Hall–Kier alpha value is -1.06. The number of nitrogens with one attached hydrogen (secondary N) is 1. The van der Waals surface area contributed by atoms with E-state index in [0.29, 0.717) is 19.3 Å². The Morgan fingerprint density at radius 3 is 2.67 bits per heavy atom. The number of hydrogen-bond donors (Lipinski definition) is 1. The van der Waals surface area contributed by atoms with E-state index in [1.54, 1.807) is 0 Å². The Morgan fingerprint density at radius 1 is 1.22 bits per heavy atom. The molecule has 0 aliphatic heterocycles. The van der Waals surface area contributed by atoms with Gasteiger partial charge in [-0.1, -0.05) is 31.5 Å². The van der Waals surface area contributed by atoms with Crippen molar-refractivity contribution in [3.8, 4) is 5.75 Å². The first-order chi connectivity index (χ1) is 8.63. The average molecular weight is 251 g/mol. The molecule has 1 aromatic carbocycles. The lowest BCUT2D eigenvalue weighted by Gasteiger charge is -2.14. The zero-order valence-electron chi connectivity index (χ0n) is 12.0. The van der Waals surface area contributed by atoms with Crippen molar-refractivity contribution in [2.45, 2.75) is 40.3 Å². The summed E-state index contributed by atoms with van der Waals surface area (Å²) >= 11 is 0. The molecule has 3 nitrogen and oxygen atoms in total. The van der Waals surface area contributed by atoms with E-state index in [2.05, 4.69) is 38.2 Å². The van der Waals surface area contributed by atoms with Crippen LogP contribution in [0.1, 0.15) is 31.9 Å². The van der Waals surface area contributed by atoms with E-state index < -0.39 is 0 Å². The zero-order chi connectivity index (χ0) is 13.4. The summed E-state index contributed by atoms with van der Waals surface area (Å²) in [5.41, 5.74) is 2.47. The van der Waals surface area contributed by atoms with E-state index in [4.69, 9.17) is 9.47 Å². The molecule has 0 aliphatic rings. The Bertz CT molecular complexity index is 350. The van der Waals surface area contributed by atoms with Crippen molar-refractivity contribution in [3.63, 3.8) is 0 Å². The van der Waals surface area contributed by atoms with Crippen molar-refractivity contribution in [3.05, 3.63) is 29.3 Å². The molecule has 1 N–H and O–H groups in total. The van der Waals surface area contributed by atoms with Gasteiger partial charge in [0.25, 0.3) is 0 Å². The molecule has 0 saturated heterocycles. The van der Waals surface area contributed by atoms with Crippen LogP contribution >= 0.6 is 0 Å². The fourth-order valence-electron chi connectivity index (χ4n) is 1.66. The lowest BCUT2D eigenvalue weighted by molar-refractivity contribution is 0.110. The average Bonchev–Trinajstić information content (AvgIpc) is 2.34. The Balaban J connectivity index is 2.58. The highest BCUT2D eigenvalue weighted by atomic mass is 16.5. The van der Waals surface area contributed by atoms with Gasteiger partial charge in [0.1, 0.15) is 12.4 Å². The van der Waals surface area contributed by atoms with E-state index in [-0.39, 0.29) is 0 Å². The molecule has 0 aliphatic carbocycles. The molecule has 0 spiro atoms. The third kappa shape index (κ3) is 5.52. The minimum atomic E-state index is 0.474. The normalized spacial score (nSPS) is 10.9. The van der Waals surface area contributed by atoms with Gasteiger partial charge in [0.05, 0.1) is 6.61 Å². The van der Waals surface area contributed by atoms with Gasteiger partial charge < -0.3 is 14.8 Å². The summed E-state index contributed by atoms with van der Waals surface area (Å²) in [6, 6.07) is 6.76. The minimum absolute atomic E-state index is 0.474. The van der Waals surface area contributed by atoms with Crippen LogP contribution in [-0.2, 0) is 11.3 Å². The molecule has 1 aromatic rings. The summed E-state index contributed by atoms with van der Waals surface area (Å²) < 4.78 is 11.0. The molecule has 0 amide bonds. The monoisotopic (exact) mass is 251 g/mol. The van der Waals surface area contributed by atoms with Crippen LogP contribution in [0.15, 0.2) is 18.2 Å². The quantitative estimate of drug-likeness (QED) is 0.721. The van der Waals surface area contributed by atoms with Crippen LogP contribution in [0.4, 0.5) is 0 Å². The second kappa shape index (κ2) is 8.11.